The van der Waals surface area contributed by atoms with Crippen molar-refractivity contribution < 1.29 is 43.8 Å². The van der Waals surface area contributed by atoms with Crippen LogP contribution in [0.25, 0.3) is 0 Å². The first-order chi connectivity index (χ1) is 18.4. The highest BCUT2D eigenvalue weighted by molar-refractivity contribution is 6.00. The molecule has 0 saturated heterocycles. The van der Waals surface area contributed by atoms with E-state index < -0.39 is 42.7 Å². The predicted octanol–water partition coefficient (Wildman–Crippen LogP) is 2.02. The molecular formula is C28H32F3N3O5. The van der Waals surface area contributed by atoms with Crippen LogP contribution in [0.4, 0.5) is 13.2 Å². The maximum absolute atomic E-state index is 13.0. The molecule has 8 nitrogen and oxygen atoms in total. The number of aliphatic carboxylic acids is 1. The Bertz CT molecular complexity index is 1190. The molecule has 4 rings (SSSR count). The zero-order valence-electron chi connectivity index (χ0n) is 21.6. The highest BCUT2D eigenvalue weighted by Crippen LogP contribution is 2.43. The molecule has 210 valence electrons. The van der Waals surface area contributed by atoms with E-state index in [2.05, 4.69) is 10.7 Å². The van der Waals surface area contributed by atoms with Crippen LogP contribution in [0.3, 0.4) is 0 Å². The van der Waals surface area contributed by atoms with E-state index in [1.54, 1.807) is 13.8 Å². The summed E-state index contributed by atoms with van der Waals surface area (Å²) in [5.41, 5.74) is 4.82. The molecule has 1 aliphatic heterocycles. The molecule has 0 fully saturated rings. The van der Waals surface area contributed by atoms with Crippen molar-refractivity contribution in [1.29, 1.82) is 0 Å². The first-order valence-electron chi connectivity index (χ1n) is 12.1. The topological polar surface area (TPSA) is 141 Å². The maximum Gasteiger partial charge on any atom is 0.406 e. The lowest BCUT2D eigenvalue weighted by Gasteiger charge is -2.42. The molecule has 1 aliphatic rings. The number of halogens is 3. The number of aliphatic hydroxyl groups excluding tert-OH is 2. The van der Waals surface area contributed by atoms with Crippen molar-refractivity contribution in [2.45, 2.75) is 44.2 Å². The van der Waals surface area contributed by atoms with Gasteiger partial charge < -0.3 is 30.7 Å². The van der Waals surface area contributed by atoms with Crippen LogP contribution in [0.15, 0.2) is 79.1 Å². The van der Waals surface area contributed by atoms with E-state index in [1.165, 1.54) is 48.8 Å². The van der Waals surface area contributed by atoms with Gasteiger partial charge in [-0.15, -0.1) is 0 Å². The van der Waals surface area contributed by atoms with Gasteiger partial charge in [0, 0.05) is 30.0 Å². The van der Waals surface area contributed by atoms with Gasteiger partial charge in [-0.3, -0.25) is 9.78 Å². The summed E-state index contributed by atoms with van der Waals surface area (Å²) in [6.07, 6.45) is -2.59. The van der Waals surface area contributed by atoms with Crippen LogP contribution in [0.2, 0.25) is 0 Å². The molecule has 0 aliphatic carbocycles. The predicted molar refractivity (Wildman–Crippen MR) is 135 cm³/mol. The van der Waals surface area contributed by atoms with Gasteiger partial charge in [-0.05, 0) is 42.7 Å². The first kappa shape index (κ1) is 31.4. The molecular weight excluding hydrogens is 515 g/mol. The molecule has 2 heterocycles. The van der Waals surface area contributed by atoms with Crippen molar-refractivity contribution in [1.82, 2.24) is 9.88 Å². The number of carbonyl (C=O) groups is 2. The Morgan fingerprint density at radius 3 is 2.15 bits per heavy atom. The van der Waals surface area contributed by atoms with Crippen molar-refractivity contribution in [3.8, 4) is 0 Å². The molecule has 1 aromatic heterocycles. The zero-order valence-corrected chi connectivity index (χ0v) is 21.6. The standard InChI is InChI=1S/C17H13F3N2O3.C8H11NO.C3H8O/c18-17(19,20)9-22-14(10-4-3-7-21-8-10)13(16(24)25)11-5-1-2-6-12(11)15(22)23;9-6-8(10)7-4-2-1-3-5-7;1-3(2)4/h1-8,13-14H,9H2,(H,24,25);1-5,8,10H,6,9H2;3-4H,1-2H3/t13-,14+;8-;/m10./s1. The second-order valence-electron chi connectivity index (χ2n) is 8.97. The Morgan fingerprint density at radius 1 is 1.05 bits per heavy atom. The summed E-state index contributed by atoms with van der Waals surface area (Å²) in [4.78, 5) is 28.8. The molecule has 39 heavy (non-hydrogen) atoms. The number of fused-ring (bicyclic) bond motifs is 1. The lowest BCUT2D eigenvalue weighted by molar-refractivity contribution is -0.385. The summed E-state index contributed by atoms with van der Waals surface area (Å²) in [5.74, 6) is -3.86. The summed E-state index contributed by atoms with van der Waals surface area (Å²) in [6, 6.07) is 16.8. The third-order valence-corrected chi connectivity index (χ3v) is 5.53. The van der Waals surface area contributed by atoms with Crippen LogP contribution in [0, 0.1) is 0 Å². The van der Waals surface area contributed by atoms with Crippen LogP contribution in [0.1, 0.15) is 59.0 Å². The van der Waals surface area contributed by atoms with E-state index in [0.717, 1.165) is 5.56 Å². The van der Waals surface area contributed by atoms with Gasteiger partial charge in [0.05, 0.1) is 12.0 Å². The number of pyridine rings is 1. The second kappa shape index (κ2) is 14.4. The zero-order chi connectivity index (χ0) is 29.2. The van der Waals surface area contributed by atoms with Crippen LogP contribution < -0.4 is 10.8 Å². The number of carboxylic acids is 1. The monoisotopic (exact) mass is 547 g/mol. The van der Waals surface area contributed by atoms with Crippen LogP contribution in [-0.4, -0.2) is 57.3 Å². The first-order valence-corrected chi connectivity index (χ1v) is 12.1. The fraction of sp³-hybridized carbons (Fsp3) is 0.321. The van der Waals surface area contributed by atoms with Gasteiger partial charge >= 0.3 is 6.18 Å². The molecule has 0 spiro atoms. The van der Waals surface area contributed by atoms with E-state index >= 15 is 0 Å². The Morgan fingerprint density at radius 2 is 1.64 bits per heavy atom. The fourth-order valence-corrected chi connectivity index (χ4v) is 3.98. The average molecular weight is 548 g/mol. The number of carboxylic acid groups (broad SMARTS) is 1. The Balaban J connectivity index is 0.000000315. The summed E-state index contributed by atoms with van der Waals surface area (Å²) >= 11 is 0. The van der Waals surface area contributed by atoms with Crippen LogP contribution in [-0.2, 0) is 4.79 Å². The fourth-order valence-electron chi connectivity index (χ4n) is 3.98. The third kappa shape index (κ3) is 9.17. The van der Waals surface area contributed by atoms with Gasteiger partial charge in [0.2, 0.25) is 0 Å². The normalized spacial score (nSPS) is 17.3. The Hall–Kier alpha value is -3.80. The van der Waals surface area contributed by atoms with E-state index in [0.29, 0.717) is 11.4 Å². The van der Waals surface area contributed by atoms with Crippen molar-refractivity contribution >= 4 is 11.9 Å². The van der Waals surface area contributed by atoms with Crippen molar-refractivity contribution in [2.24, 2.45) is 0 Å². The van der Waals surface area contributed by atoms with Crippen molar-refractivity contribution in [2.75, 3.05) is 13.1 Å². The summed E-state index contributed by atoms with van der Waals surface area (Å²) in [7, 11) is 0. The third-order valence-electron chi connectivity index (χ3n) is 5.53. The van der Waals surface area contributed by atoms with Gasteiger partial charge in [-0.1, -0.05) is 54.6 Å². The Labute approximate surface area is 224 Å². The van der Waals surface area contributed by atoms with Crippen LogP contribution >= 0.6 is 0 Å². The molecule has 0 bridgehead atoms. The number of aromatic nitrogens is 1. The SMILES string of the molecule is CC(C)O.O=C([O-])[C@@H]1c2ccccc2C(=O)N(CC(F)(F)F)[C@H]1c1cccnc1.[NH3+]C[C@H](O)c1ccccc1. The lowest BCUT2D eigenvalue weighted by Crippen LogP contribution is -2.52. The minimum absolute atomic E-state index is 0.0684. The number of hydrogen-bond donors (Lipinski definition) is 3. The number of benzene rings is 2. The van der Waals surface area contributed by atoms with E-state index in [1.807, 2.05) is 30.3 Å². The molecule has 3 aromatic rings. The van der Waals surface area contributed by atoms with Crippen molar-refractivity contribution in [3.63, 3.8) is 0 Å². The molecule has 0 unspecified atom stereocenters. The molecule has 0 saturated carbocycles. The maximum atomic E-state index is 13.0. The van der Waals surface area contributed by atoms with Gasteiger partial charge in [0.25, 0.3) is 5.91 Å². The highest BCUT2D eigenvalue weighted by atomic mass is 19.4. The van der Waals surface area contributed by atoms with Gasteiger partial charge in [0.15, 0.2) is 0 Å². The smallest absolute Gasteiger partial charge is 0.406 e. The number of rotatable bonds is 5. The number of nitrogens with zero attached hydrogens (tertiary/aromatic N) is 2. The number of hydrogen-bond acceptors (Lipinski definition) is 6. The van der Waals surface area contributed by atoms with E-state index in [4.69, 9.17) is 5.11 Å². The van der Waals surface area contributed by atoms with Gasteiger partial charge in [-0.25, -0.2) is 0 Å². The minimum atomic E-state index is -4.68. The summed E-state index contributed by atoms with van der Waals surface area (Å²) in [6.45, 7) is 2.41. The highest BCUT2D eigenvalue weighted by Gasteiger charge is 2.45. The number of alkyl halides is 3. The minimum Gasteiger partial charge on any atom is -0.549 e. The number of aliphatic hydroxyl groups is 2. The van der Waals surface area contributed by atoms with E-state index in [-0.39, 0.29) is 22.8 Å². The number of carbonyl (C=O) groups excluding carboxylic acids is 2. The Kier molecular flexibility index (Phi) is 11.6. The lowest BCUT2D eigenvalue weighted by atomic mass is 9.80. The molecule has 5 N–H and O–H groups in total. The largest absolute Gasteiger partial charge is 0.549 e. The molecule has 3 atom stereocenters. The average Bonchev–Trinajstić information content (AvgIpc) is 2.90. The number of amides is 1. The van der Waals surface area contributed by atoms with Crippen molar-refractivity contribution in [3.05, 3.63) is 101 Å². The second-order valence-corrected chi connectivity index (χ2v) is 8.97. The molecule has 1 amide bonds. The van der Waals surface area contributed by atoms with E-state index in [9.17, 15) is 33.0 Å². The molecule has 11 heteroatoms. The van der Waals surface area contributed by atoms with Gasteiger partial charge in [-0.2, -0.15) is 13.2 Å². The van der Waals surface area contributed by atoms with Crippen LogP contribution in [0.5, 0.6) is 0 Å². The molecule has 2 aromatic carbocycles. The van der Waals surface area contributed by atoms with Gasteiger partial charge in [0.1, 0.15) is 19.2 Å². The summed E-state index contributed by atoms with van der Waals surface area (Å²) < 4.78 is 39.1. The number of quaternary nitrogens is 1. The quantitative estimate of drug-likeness (QED) is 0.446. The molecule has 0 radical (unpaired) electrons. The summed E-state index contributed by atoms with van der Waals surface area (Å²) in [5, 5.41) is 29.1.